The zero-order valence-corrected chi connectivity index (χ0v) is 19.1. The molecular formula is C27H26N4O3. The second-order valence-electron chi connectivity index (χ2n) is 8.57. The van der Waals surface area contributed by atoms with Gasteiger partial charge >= 0.3 is 0 Å². The van der Waals surface area contributed by atoms with E-state index in [9.17, 15) is 9.59 Å². The second kappa shape index (κ2) is 9.47. The number of fused-ring (bicyclic) bond motifs is 1. The van der Waals surface area contributed by atoms with Crippen LogP contribution >= 0.6 is 0 Å². The molecule has 7 heteroatoms. The number of hydrogen-bond acceptors (Lipinski definition) is 5. The van der Waals surface area contributed by atoms with E-state index in [2.05, 4.69) is 10.2 Å². The fourth-order valence-electron chi connectivity index (χ4n) is 4.28. The number of benzene rings is 3. The third kappa shape index (κ3) is 4.55. The molecule has 0 radical (unpaired) electrons. The summed E-state index contributed by atoms with van der Waals surface area (Å²) in [5.41, 5.74) is 2.73. The van der Waals surface area contributed by atoms with Gasteiger partial charge in [0, 0.05) is 50.1 Å². The monoisotopic (exact) mass is 454 g/mol. The number of carbonyl (C=O) groups is 2. The summed E-state index contributed by atoms with van der Waals surface area (Å²) in [5.74, 6) is 0.961. The van der Waals surface area contributed by atoms with E-state index in [0.29, 0.717) is 56.4 Å². The first-order valence-corrected chi connectivity index (χ1v) is 11.5. The molecule has 2 heterocycles. The molecule has 34 heavy (non-hydrogen) atoms. The standard InChI is InChI=1S/C27H26N4O3/c1-19-9-11-21(12-10-19)26-29-28-24(34-26)13-14-25(32)30-15-17-31(18-16-30)27(33)23-8-4-6-20-5-2-3-7-22(20)23/h2-12H,13-18H2,1H3. The van der Waals surface area contributed by atoms with E-state index in [1.54, 1.807) is 0 Å². The van der Waals surface area contributed by atoms with Crippen LogP contribution in [0.5, 0.6) is 0 Å². The van der Waals surface area contributed by atoms with E-state index >= 15 is 0 Å². The van der Waals surface area contributed by atoms with Crippen molar-refractivity contribution in [2.24, 2.45) is 0 Å². The fraction of sp³-hybridized carbons (Fsp3) is 0.259. The minimum atomic E-state index is 0.0124. The Balaban J connectivity index is 1.15. The average molecular weight is 455 g/mol. The van der Waals surface area contributed by atoms with Crippen LogP contribution in [0.3, 0.4) is 0 Å². The summed E-state index contributed by atoms with van der Waals surface area (Å²) in [6.45, 7) is 4.10. The third-order valence-corrected chi connectivity index (χ3v) is 6.26. The first-order chi connectivity index (χ1) is 16.6. The minimum absolute atomic E-state index is 0.0124. The van der Waals surface area contributed by atoms with Gasteiger partial charge in [0.2, 0.25) is 17.7 Å². The topological polar surface area (TPSA) is 79.5 Å². The number of rotatable bonds is 5. The van der Waals surface area contributed by atoms with Gasteiger partial charge in [-0.25, -0.2) is 0 Å². The molecule has 4 aromatic rings. The molecule has 0 aliphatic carbocycles. The molecule has 0 N–H and O–H groups in total. The highest BCUT2D eigenvalue weighted by Crippen LogP contribution is 2.21. The third-order valence-electron chi connectivity index (χ3n) is 6.26. The van der Waals surface area contributed by atoms with Crippen molar-refractivity contribution in [2.75, 3.05) is 26.2 Å². The van der Waals surface area contributed by atoms with Crippen molar-refractivity contribution < 1.29 is 14.0 Å². The molecule has 0 atom stereocenters. The summed E-state index contributed by atoms with van der Waals surface area (Å²) in [5, 5.41) is 10.2. The molecule has 1 saturated heterocycles. The normalized spacial score (nSPS) is 13.9. The molecule has 0 unspecified atom stereocenters. The van der Waals surface area contributed by atoms with Crippen LogP contribution in [-0.2, 0) is 11.2 Å². The van der Waals surface area contributed by atoms with Crippen LogP contribution in [0.15, 0.2) is 71.1 Å². The molecule has 0 saturated carbocycles. The van der Waals surface area contributed by atoms with E-state index < -0.39 is 0 Å². The summed E-state index contributed by atoms with van der Waals surface area (Å²) in [4.78, 5) is 29.5. The van der Waals surface area contributed by atoms with Crippen LogP contribution < -0.4 is 0 Å². The molecular weight excluding hydrogens is 428 g/mol. The maximum atomic E-state index is 13.1. The first kappa shape index (κ1) is 21.8. The maximum Gasteiger partial charge on any atom is 0.254 e. The highest BCUT2D eigenvalue weighted by atomic mass is 16.4. The Bertz CT molecular complexity index is 1320. The Morgan fingerprint density at radius 2 is 1.56 bits per heavy atom. The van der Waals surface area contributed by atoms with Gasteiger partial charge in [-0.3, -0.25) is 9.59 Å². The summed E-state index contributed by atoms with van der Waals surface area (Å²) in [6, 6.07) is 21.6. The van der Waals surface area contributed by atoms with Gasteiger partial charge in [0.1, 0.15) is 0 Å². The number of amides is 2. The lowest BCUT2D eigenvalue weighted by atomic mass is 10.0. The van der Waals surface area contributed by atoms with Crippen LogP contribution in [-0.4, -0.2) is 58.0 Å². The Kier molecular flexibility index (Phi) is 6.08. The summed E-state index contributed by atoms with van der Waals surface area (Å²) in [6.07, 6.45) is 0.694. The maximum absolute atomic E-state index is 13.1. The van der Waals surface area contributed by atoms with Gasteiger partial charge in [-0.15, -0.1) is 10.2 Å². The first-order valence-electron chi connectivity index (χ1n) is 11.5. The molecule has 1 aliphatic rings. The quantitative estimate of drug-likeness (QED) is 0.453. The van der Waals surface area contributed by atoms with Gasteiger partial charge in [0.05, 0.1) is 0 Å². The van der Waals surface area contributed by atoms with Crippen molar-refractivity contribution >= 4 is 22.6 Å². The molecule has 7 nitrogen and oxygen atoms in total. The number of piperazine rings is 1. The van der Waals surface area contributed by atoms with Crippen LogP contribution in [0.2, 0.25) is 0 Å². The predicted molar refractivity (Wildman–Crippen MR) is 129 cm³/mol. The second-order valence-corrected chi connectivity index (χ2v) is 8.57. The molecule has 1 aliphatic heterocycles. The largest absolute Gasteiger partial charge is 0.421 e. The lowest BCUT2D eigenvalue weighted by Crippen LogP contribution is -2.50. The van der Waals surface area contributed by atoms with E-state index in [0.717, 1.165) is 21.9 Å². The van der Waals surface area contributed by atoms with E-state index in [4.69, 9.17) is 4.42 Å². The van der Waals surface area contributed by atoms with E-state index in [1.807, 2.05) is 83.5 Å². The Labute approximate surface area is 198 Å². The van der Waals surface area contributed by atoms with Crippen LogP contribution in [0.1, 0.15) is 28.2 Å². The van der Waals surface area contributed by atoms with Gasteiger partial charge in [-0.1, -0.05) is 54.1 Å². The molecule has 1 aromatic heterocycles. The summed E-state index contributed by atoms with van der Waals surface area (Å²) < 4.78 is 5.73. The SMILES string of the molecule is Cc1ccc(-c2nnc(CCC(=O)N3CCN(C(=O)c4cccc5ccccc45)CC3)o2)cc1. The lowest BCUT2D eigenvalue weighted by Gasteiger charge is -2.35. The van der Waals surface area contributed by atoms with Crippen LogP contribution in [0.4, 0.5) is 0 Å². The van der Waals surface area contributed by atoms with Crippen molar-refractivity contribution in [1.82, 2.24) is 20.0 Å². The molecule has 0 spiro atoms. The van der Waals surface area contributed by atoms with E-state index in [-0.39, 0.29) is 11.8 Å². The highest BCUT2D eigenvalue weighted by Gasteiger charge is 2.26. The summed E-state index contributed by atoms with van der Waals surface area (Å²) in [7, 11) is 0. The van der Waals surface area contributed by atoms with Crippen molar-refractivity contribution in [3.63, 3.8) is 0 Å². The van der Waals surface area contributed by atoms with Gasteiger partial charge in [-0.05, 0) is 35.9 Å². The van der Waals surface area contributed by atoms with Crippen molar-refractivity contribution in [3.8, 4) is 11.5 Å². The molecule has 5 rings (SSSR count). The van der Waals surface area contributed by atoms with Crippen molar-refractivity contribution in [3.05, 3.63) is 83.7 Å². The van der Waals surface area contributed by atoms with Gasteiger partial charge in [-0.2, -0.15) is 0 Å². The zero-order chi connectivity index (χ0) is 23.5. The number of nitrogens with zero attached hydrogens (tertiary/aromatic N) is 4. The number of aromatic nitrogens is 2. The van der Waals surface area contributed by atoms with Crippen molar-refractivity contribution in [1.29, 1.82) is 0 Å². The Hall–Kier alpha value is -4.00. The zero-order valence-electron chi connectivity index (χ0n) is 19.1. The van der Waals surface area contributed by atoms with Gasteiger partial charge < -0.3 is 14.2 Å². The lowest BCUT2D eigenvalue weighted by molar-refractivity contribution is -0.132. The molecule has 172 valence electrons. The minimum Gasteiger partial charge on any atom is -0.421 e. The van der Waals surface area contributed by atoms with Crippen molar-refractivity contribution in [2.45, 2.75) is 19.8 Å². The Morgan fingerprint density at radius 3 is 2.35 bits per heavy atom. The molecule has 1 fully saturated rings. The number of hydrogen-bond donors (Lipinski definition) is 0. The van der Waals surface area contributed by atoms with Gasteiger partial charge in [0.25, 0.3) is 5.91 Å². The van der Waals surface area contributed by atoms with Crippen LogP contribution in [0.25, 0.3) is 22.2 Å². The van der Waals surface area contributed by atoms with E-state index in [1.165, 1.54) is 0 Å². The average Bonchev–Trinajstić information content (AvgIpc) is 3.36. The highest BCUT2D eigenvalue weighted by molar-refractivity contribution is 6.07. The van der Waals surface area contributed by atoms with Crippen LogP contribution in [0, 0.1) is 6.92 Å². The summed E-state index contributed by atoms with van der Waals surface area (Å²) >= 11 is 0. The molecule has 0 bridgehead atoms. The number of carbonyl (C=O) groups excluding carboxylic acids is 2. The number of aryl methyl sites for hydroxylation is 2. The molecule has 3 aromatic carbocycles. The smallest absolute Gasteiger partial charge is 0.254 e. The Morgan fingerprint density at radius 1 is 0.853 bits per heavy atom. The van der Waals surface area contributed by atoms with Gasteiger partial charge in [0.15, 0.2) is 0 Å². The molecule has 2 amide bonds. The predicted octanol–water partition coefficient (Wildman–Crippen LogP) is 4.12. The fourth-order valence-corrected chi connectivity index (χ4v) is 4.28.